The van der Waals surface area contributed by atoms with Crippen LogP contribution in [-0.4, -0.2) is 36.7 Å². The van der Waals surface area contributed by atoms with Gasteiger partial charge in [-0.05, 0) is 31.0 Å². The molecule has 0 saturated carbocycles. The topological polar surface area (TPSA) is 63.8 Å². The summed E-state index contributed by atoms with van der Waals surface area (Å²) in [5.41, 5.74) is 2.14. The first-order valence-corrected chi connectivity index (χ1v) is 8.91. The molecule has 24 heavy (non-hydrogen) atoms. The molecule has 1 N–H and O–H groups in total. The summed E-state index contributed by atoms with van der Waals surface area (Å²) in [6, 6.07) is 14.2. The van der Waals surface area contributed by atoms with Gasteiger partial charge in [-0.25, -0.2) is 0 Å². The highest BCUT2D eigenvalue weighted by Crippen LogP contribution is 2.25. The molecular weight excluding hydrogens is 320 g/mol. The van der Waals surface area contributed by atoms with Crippen molar-refractivity contribution in [2.45, 2.75) is 31.1 Å². The lowest BCUT2D eigenvalue weighted by molar-refractivity contribution is 0.192. The van der Waals surface area contributed by atoms with Gasteiger partial charge in [-0.3, -0.25) is 9.55 Å². The quantitative estimate of drug-likeness (QED) is 0.669. The van der Waals surface area contributed by atoms with Crippen LogP contribution in [0.25, 0.3) is 11.4 Å². The van der Waals surface area contributed by atoms with E-state index in [-0.39, 0.29) is 6.10 Å². The molecule has 0 fully saturated rings. The number of nitrogens with zero attached hydrogens (tertiary/aromatic N) is 4. The van der Waals surface area contributed by atoms with Gasteiger partial charge in [-0.2, -0.15) is 0 Å². The number of hydrogen-bond acceptors (Lipinski definition) is 5. The molecule has 3 rings (SSSR count). The van der Waals surface area contributed by atoms with Crippen molar-refractivity contribution in [2.24, 2.45) is 0 Å². The van der Waals surface area contributed by atoms with Gasteiger partial charge in [0.25, 0.3) is 0 Å². The van der Waals surface area contributed by atoms with Crippen molar-refractivity contribution in [1.29, 1.82) is 0 Å². The van der Waals surface area contributed by atoms with Crippen molar-refractivity contribution in [3.05, 3.63) is 60.4 Å². The van der Waals surface area contributed by atoms with Gasteiger partial charge in [0.05, 0.1) is 12.6 Å². The van der Waals surface area contributed by atoms with E-state index in [0.29, 0.717) is 6.54 Å². The van der Waals surface area contributed by atoms with Crippen molar-refractivity contribution in [3.63, 3.8) is 0 Å². The van der Waals surface area contributed by atoms with Crippen LogP contribution in [-0.2, 0) is 6.54 Å². The third-order valence-electron chi connectivity index (χ3n) is 3.59. The summed E-state index contributed by atoms with van der Waals surface area (Å²) in [4.78, 5) is 4.18. The number of thioether (sulfide) groups is 1. The Morgan fingerprint density at radius 1 is 1.12 bits per heavy atom. The number of aliphatic hydroxyl groups is 1. The monoisotopic (exact) mass is 340 g/mol. The standard InChI is InChI=1S/C18H20N4OS/c1-14(23)9-11-24-18-21-20-17(16-8-5-10-19-12-16)22(18)13-15-6-3-2-4-7-15/h2-8,10,12,14,23H,9,11,13H2,1H3/t14-/m1/s1. The third kappa shape index (κ3) is 4.21. The molecule has 0 radical (unpaired) electrons. The number of pyridine rings is 1. The van der Waals surface area contributed by atoms with Crippen molar-refractivity contribution in [3.8, 4) is 11.4 Å². The Balaban J connectivity index is 1.90. The molecule has 0 unspecified atom stereocenters. The molecule has 1 aromatic carbocycles. The van der Waals surface area contributed by atoms with E-state index in [4.69, 9.17) is 0 Å². The first-order chi connectivity index (χ1) is 11.7. The molecule has 0 aliphatic rings. The molecule has 0 aliphatic heterocycles. The number of aromatic nitrogens is 4. The molecule has 5 nitrogen and oxygen atoms in total. The summed E-state index contributed by atoms with van der Waals surface area (Å²) in [6.45, 7) is 2.51. The van der Waals surface area contributed by atoms with Gasteiger partial charge in [0, 0.05) is 23.7 Å². The molecule has 124 valence electrons. The molecule has 0 amide bonds. The smallest absolute Gasteiger partial charge is 0.191 e. The fourth-order valence-electron chi connectivity index (χ4n) is 2.33. The normalized spacial score (nSPS) is 12.2. The zero-order valence-electron chi connectivity index (χ0n) is 13.5. The molecular formula is C18H20N4OS. The zero-order chi connectivity index (χ0) is 16.8. The first kappa shape index (κ1) is 16.7. The van der Waals surface area contributed by atoms with Gasteiger partial charge in [-0.15, -0.1) is 10.2 Å². The maximum absolute atomic E-state index is 9.45. The average Bonchev–Trinajstić information content (AvgIpc) is 2.99. The van der Waals surface area contributed by atoms with E-state index >= 15 is 0 Å². The van der Waals surface area contributed by atoms with Gasteiger partial charge in [0.2, 0.25) is 0 Å². The maximum Gasteiger partial charge on any atom is 0.191 e. The van der Waals surface area contributed by atoms with Crippen molar-refractivity contribution in [2.75, 3.05) is 5.75 Å². The zero-order valence-corrected chi connectivity index (χ0v) is 14.4. The molecule has 0 bridgehead atoms. The van der Waals surface area contributed by atoms with Crippen LogP contribution in [0.2, 0.25) is 0 Å². The van der Waals surface area contributed by atoms with Crippen molar-refractivity contribution < 1.29 is 5.11 Å². The predicted molar refractivity (Wildman–Crippen MR) is 95.8 cm³/mol. The third-order valence-corrected chi connectivity index (χ3v) is 4.59. The summed E-state index contributed by atoms with van der Waals surface area (Å²) in [7, 11) is 0. The van der Waals surface area contributed by atoms with Crippen LogP contribution in [0.4, 0.5) is 0 Å². The molecule has 3 aromatic rings. The lowest BCUT2D eigenvalue weighted by atomic mass is 10.2. The van der Waals surface area contributed by atoms with Crippen LogP contribution in [0.15, 0.2) is 60.0 Å². The van der Waals surface area contributed by atoms with Crippen LogP contribution >= 0.6 is 11.8 Å². The number of hydrogen-bond donors (Lipinski definition) is 1. The van der Waals surface area contributed by atoms with E-state index in [9.17, 15) is 5.11 Å². The molecule has 1 atom stereocenters. The second-order valence-electron chi connectivity index (χ2n) is 5.61. The van der Waals surface area contributed by atoms with E-state index in [1.54, 1.807) is 31.1 Å². The van der Waals surface area contributed by atoms with E-state index in [1.807, 2.05) is 30.3 Å². The largest absolute Gasteiger partial charge is 0.393 e. The Morgan fingerprint density at radius 2 is 1.96 bits per heavy atom. The second-order valence-corrected chi connectivity index (χ2v) is 6.67. The van der Waals surface area contributed by atoms with Crippen LogP contribution in [0.5, 0.6) is 0 Å². The van der Waals surface area contributed by atoms with Gasteiger partial charge in [0.15, 0.2) is 11.0 Å². The van der Waals surface area contributed by atoms with Crippen LogP contribution < -0.4 is 0 Å². The Morgan fingerprint density at radius 3 is 2.67 bits per heavy atom. The number of rotatable bonds is 7. The minimum Gasteiger partial charge on any atom is -0.393 e. The average molecular weight is 340 g/mol. The molecule has 0 saturated heterocycles. The molecule has 2 aromatic heterocycles. The Kier molecular flexibility index (Phi) is 5.61. The van der Waals surface area contributed by atoms with Gasteiger partial charge in [-0.1, -0.05) is 42.1 Å². The Labute approximate surface area is 145 Å². The molecule has 0 aliphatic carbocycles. The van der Waals surface area contributed by atoms with Gasteiger partial charge >= 0.3 is 0 Å². The lowest BCUT2D eigenvalue weighted by Gasteiger charge is -2.10. The highest BCUT2D eigenvalue weighted by Gasteiger charge is 2.15. The minimum absolute atomic E-state index is 0.305. The maximum atomic E-state index is 9.45. The highest BCUT2D eigenvalue weighted by atomic mass is 32.2. The Hall–Kier alpha value is -2.18. The van der Waals surface area contributed by atoms with Crippen molar-refractivity contribution in [1.82, 2.24) is 19.7 Å². The predicted octanol–water partition coefficient (Wildman–Crippen LogP) is 3.25. The van der Waals surface area contributed by atoms with Crippen LogP contribution in [0.1, 0.15) is 18.9 Å². The summed E-state index contributed by atoms with van der Waals surface area (Å²) in [5, 5.41) is 19.0. The minimum atomic E-state index is -0.305. The summed E-state index contributed by atoms with van der Waals surface area (Å²) < 4.78 is 2.11. The van der Waals surface area contributed by atoms with E-state index < -0.39 is 0 Å². The highest BCUT2D eigenvalue weighted by molar-refractivity contribution is 7.99. The molecule has 2 heterocycles. The summed E-state index contributed by atoms with van der Waals surface area (Å²) in [5.74, 6) is 1.61. The fourth-order valence-corrected chi connectivity index (χ4v) is 3.38. The molecule has 6 heteroatoms. The summed E-state index contributed by atoms with van der Waals surface area (Å²) in [6.07, 6.45) is 3.97. The van der Waals surface area contributed by atoms with Gasteiger partial charge < -0.3 is 5.11 Å². The van der Waals surface area contributed by atoms with Gasteiger partial charge in [0.1, 0.15) is 0 Å². The van der Waals surface area contributed by atoms with Crippen molar-refractivity contribution >= 4 is 11.8 Å². The number of benzene rings is 1. The molecule has 0 spiro atoms. The summed E-state index contributed by atoms with van der Waals surface area (Å²) >= 11 is 1.62. The first-order valence-electron chi connectivity index (χ1n) is 7.92. The Bertz CT molecular complexity index is 759. The lowest BCUT2D eigenvalue weighted by Crippen LogP contribution is -2.05. The van der Waals surface area contributed by atoms with E-state index in [0.717, 1.165) is 28.7 Å². The fraction of sp³-hybridized carbons (Fsp3) is 0.278. The van der Waals surface area contributed by atoms with E-state index in [1.165, 1.54) is 5.56 Å². The second kappa shape index (κ2) is 8.08. The van der Waals surface area contributed by atoms with E-state index in [2.05, 4.69) is 31.9 Å². The number of aliphatic hydroxyl groups excluding tert-OH is 1. The van der Waals surface area contributed by atoms with Crippen LogP contribution in [0, 0.1) is 0 Å². The van der Waals surface area contributed by atoms with Crippen LogP contribution in [0.3, 0.4) is 0 Å². The SMILES string of the molecule is C[C@@H](O)CCSc1nnc(-c2cccnc2)n1Cc1ccccc1.